The molecule has 0 saturated heterocycles. The van der Waals surface area contributed by atoms with E-state index in [0.29, 0.717) is 0 Å². The molecule has 0 N–H and O–H groups in total. The van der Waals surface area contributed by atoms with Gasteiger partial charge in [-0.3, -0.25) is 0 Å². The Bertz CT molecular complexity index is 36.8. The summed E-state index contributed by atoms with van der Waals surface area (Å²) in [6.45, 7) is 2.15. The lowest BCUT2D eigenvalue weighted by Gasteiger charge is -1.71. The minimum atomic E-state index is 0.954. The van der Waals surface area contributed by atoms with Gasteiger partial charge >= 0.3 is 0 Å². The van der Waals surface area contributed by atoms with E-state index < -0.39 is 0 Å². The van der Waals surface area contributed by atoms with Gasteiger partial charge in [-0.15, -0.1) is 0 Å². The molecule has 0 saturated carbocycles. The zero-order valence-electron chi connectivity index (χ0n) is 3.74. The maximum Gasteiger partial charge on any atom is -0.0321 e. The van der Waals surface area contributed by atoms with Crippen LogP contribution in [-0.4, -0.2) is 0 Å². The number of allylic oxidation sites excluding steroid dienone is 1. The van der Waals surface area contributed by atoms with Crippen molar-refractivity contribution in [2.75, 3.05) is 0 Å². The van der Waals surface area contributed by atoms with Crippen molar-refractivity contribution in [3.05, 3.63) is 11.9 Å². The van der Waals surface area contributed by atoms with Crippen LogP contribution in [0, 0.1) is 0 Å². The summed E-state index contributed by atoms with van der Waals surface area (Å²) in [5.74, 6) is 2.19. The molecule has 0 rings (SSSR count). The maximum absolute atomic E-state index is 2.35. The van der Waals surface area contributed by atoms with Gasteiger partial charge in [0.25, 0.3) is 0 Å². The summed E-state index contributed by atoms with van der Waals surface area (Å²) in [7, 11) is 0. The Hall–Kier alpha value is 0.900. The number of hydrogen-bond acceptors (Lipinski definition) is 0. The minimum Gasteiger partial charge on any atom is -0.0838 e. The van der Waals surface area contributed by atoms with Crippen LogP contribution in [0.2, 0.25) is 0 Å². The van der Waals surface area contributed by atoms with Gasteiger partial charge in [0.2, 0.25) is 0 Å². The molecule has 0 fully saturated rings. The smallest absolute Gasteiger partial charge is 0.0321 e. The van der Waals surface area contributed by atoms with Gasteiger partial charge in [0.05, 0.1) is 0 Å². The molecular formula is C4H8IP. The zero-order valence-corrected chi connectivity index (χ0v) is 6.90. The van der Waals surface area contributed by atoms with Crippen LogP contribution in [-0.2, 0) is 0 Å². The summed E-state index contributed by atoms with van der Waals surface area (Å²) in [5, 5.41) is 0. The molecule has 0 nitrogen and oxygen atoms in total. The van der Waals surface area contributed by atoms with Gasteiger partial charge in [0.1, 0.15) is 0 Å². The van der Waals surface area contributed by atoms with Gasteiger partial charge in [0, 0.05) is 0 Å². The summed E-state index contributed by atoms with van der Waals surface area (Å²) in [6.07, 6.45) is 4.32. The van der Waals surface area contributed by atoms with Crippen molar-refractivity contribution in [2.24, 2.45) is 0 Å². The van der Waals surface area contributed by atoms with Gasteiger partial charge in [-0.25, -0.2) is 0 Å². The molecular weight excluding hydrogens is 206 g/mol. The Balaban J connectivity index is 2.73. The average molecular weight is 214 g/mol. The molecule has 0 aromatic carbocycles. The van der Waals surface area contributed by atoms with E-state index in [4.69, 9.17) is 0 Å². The summed E-state index contributed by atoms with van der Waals surface area (Å²) in [5.41, 5.74) is 0. The molecule has 0 aromatic rings. The maximum atomic E-state index is 2.35. The fraction of sp³-hybridized carbons (Fsp3) is 0.500. The first-order chi connectivity index (χ1) is 2.91. The van der Waals surface area contributed by atoms with E-state index >= 15 is 0 Å². The Labute approximate surface area is 53.7 Å². The predicted molar refractivity (Wildman–Crippen MR) is 41.8 cm³/mol. The van der Waals surface area contributed by atoms with E-state index in [1.807, 2.05) is 0 Å². The molecule has 0 bridgehead atoms. The molecule has 0 aliphatic rings. The fourth-order valence-corrected chi connectivity index (χ4v) is 1.25. The molecule has 0 amide bonds. The van der Waals surface area contributed by atoms with Crippen molar-refractivity contribution in [1.29, 1.82) is 0 Å². The second-order valence-corrected chi connectivity index (χ2v) is 3.34. The monoisotopic (exact) mass is 214 g/mol. The highest BCUT2D eigenvalue weighted by molar-refractivity contribution is 14.2. The first kappa shape index (κ1) is 6.90. The Morgan fingerprint density at radius 2 is 2.50 bits per heavy atom. The van der Waals surface area contributed by atoms with Crippen molar-refractivity contribution in [1.82, 2.24) is 0 Å². The summed E-state index contributed by atoms with van der Waals surface area (Å²) >= 11 is 2.35. The molecule has 1 atom stereocenters. The molecule has 0 aliphatic heterocycles. The molecule has 1 unspecified atom stereocenters. The highest BCUT2D eigenvalue weighted by Gasteiger charge is 1.61. The van der Waals surface area contributed by atoms with E-state index in [2.05, 4.69) is 40.9 Å². The van der Waals surface area contributed by atoms with E-state index in [1.54, 1.807) is 0 Å². The minimum absolute atomic E-state index is 0.954. The summed E-state index contributed by atoms with van der Waals surface area (Å²) in [4.78, 5) is 0. The topological polar surface area (TPSA) is 0 Å². The summed E-state index contributed by atoms with van der Waals surface area (Å²) in [6, 6.07) is 0. The SMILES string of the molecule is CC/C=C/PI. The normalized spacial score (nSPS) is 12.3. The number of halogens is 1. The van der Waals surface area contributed by atoms with Crippen LogP contribution in [0.4, 0.5) is 0 Å². The molecule has 36 valence electrons. The third-order valence-electron chi connectivity index (χ3n) is 0.417. The van der Waals surface area contributed by atoms with Crippen LogP contribution in [0.15, 0.2) is 11.9 Å². The average Bonchev–Trinajstić information content (AvgIpc) is 1.61. The van der Waals surface area contributed by atoms with Crippen molar-refractivity contribution in [3.8, 4) is 0 Å². The van der Waals surface area contributed by atoms with Gasteiger partial charge in [-0.05, 0) is 12.6 Å². The summed E-state index contributed by atoms with van der Waals surface area (Å²) < 4.78 is 0. The van der Waals surface area contributed by atoms with Crippen LogP contribution < -0.4 is 0 Å². The Morgan fingerprint density at radius 3 is 2.67 bits per heavy atom. The van der Waals surface area contributed by atoms with Crippen LogP contribution in [0.5, 0.6) is 0 Å². The van der Waals surface area contributed by atoms with Crippen LogP contribution in [0.3, 0.4) is 0 Å². The van der Waals surface area contributed by atoms with Crippen molar-refractivity contribution >= 4 is 28.3 Å². The molecule has 0 heterocycles. The van der Waals surface area contributed by atoms with Crippen LogP contribution in [0.25, 0.3) is 0 Å². The molecule has 2 heteroatoms. The quantitative estimate of drug-likeness (QED) is 0.489. The lowest BCUT2D eigenvalue weighted by Crippen LogP contribution is -1.42. The third kappa shape index (κ3) is 4.90. The van der Waals surface area contributed by atoms with Crippen molar-refractivity contribution < 1.29 is 0 Å². The second-order valence-electron chi connectivity index (χ2n) is 0.920. The molecule has 0 radical (unpaired) electrons. The van der Waals surface area contributed by atoms with E-state index in [0.717, 1.165) is 6.22 Å². The second kappa shape index (κ2) is 5.90. The first-order valence-corrected chi connectivity index (χ1v) is 6.12. The fourth-order valence-electron chi connectivity index (χ4n) is 0.162. The molecule has 0 spiro atoms. The van der Waals surface area contributed by atoms with Gasteiger partial charge in [-0.1, -0.05) is 40.9 Å². The van der Waals surface area contributed by atoms with Crippen molar-refractivity contribution in [3.63, 3.8) is 0 Å². The lowest BCUT2D eigenvalue weighted by molar-refractivity contribution is 1.23. The first-order valence-electron chi connectivity index (χ1n) is 1.93. The van der Waals surface area contributed by atoms with Crippen LogP contribution in [0.1, 0.15) is 13.3 Å². The molecule has 0 aromatic heterocycles. The van der Waals surface area contributed by atoms with Gasteiger partial charge in [0.15, 0.2) is 0 Å². The van der Waals surface area contributed by atoms with E-state index in [9.17, 15) is 0 Å². The zero-order chi connectivity index (χ0) is 4.83. The molecule has 6 heavy (non-hydrogen) atoms. The standard InChI is InChI=1S/C4H8IP/c1-2-3-4-6-5/h3-4,6H,2H2,1H3/b4-3+. The number of rotatable bonds is 2. The highest BCUT2D eigenvalue weighted by atomic mass is 127. The predicted octanol–water partition coefficient (Wildman–Crippen LogP) is 2.94. The van der Waals surface area contributed by atoms with E-state index in [1.165, 1.54) is 6.42 Å². The lowest BCUT2D eigenvalue weighted by atomic mass is 10.5. The largest absolute Gasteiger partial charge is 0.0838 e. The third-order valence-corrected chi connectivity index (χ3v) is 1.86. The van der Waals surface area contributed by atoms with Gasteiger partial charge < -0.3 is 0 Å². The Morgan fingerprint density at radius 1 is 1.83 bits per heavy atom. The van der Waals surface area contributed by atoms with Crippen molar-refractivity contribution in [2.45, 2.75) is 13.3 Å². The number of hydrogen-bond donors (Lipinski definition) is 0. The molecule has 0 aliphatic carbocycles. The highest BCUT2D eigenvalue weighted by Crippen LogP contribution is 2.21. The Kier molecular flexibility index (Phi) is 6.79. The van der Waals surface area contributed by atoms with E-state index in [-0.39, 0.29) is 0 Å². The van der Waals surface area contributed by atoms with Gasteiger partial charge in [-0.2, -0.15) is 0 Å². The van der Waals surface area contributed by atoms with Crippen LogP contribution >= 0.6 is 28.3 Å².